The molecule has 4 rings (SSSR count). The largest absolute Gasteiger partial charge is 0.393 e. The quantitative estimate of drug-likeness (QED) is 0.603. The Morgan fingerprint density at radius 3 is 2.23 bits per heavy atom. The molecule has 3 aromatic carbocycles. The molecule has 0 bridgehead atoms. The van der Waals surface area contributed by atoms with Crippen LogP contribution >= 0.6 is 11.6 Å². The summed E-state index contributed by atoms with van der Waals surface area (Å²) in [5, 5.41) is 22.8. The fourth-order valence-electron chi connectivity index (χ4n) is 3.75. The van der Waals surface area contributed by atoms with E-state index < -0.39 is 0 Å². The van der Waals surface area contributed by atoms with Gasteiger partial charge in [0.2, 0.25) is 0 Å². The number of benzene rings is 3. The molecule has 0 aromatic heterocycles. The number of nitriles is 1. The average Bonchev–Trinajstić information content (AvgIpc) is 2.80. The maximum Gasteiger partial charge on any atom is 0.255 e. The number of nitrogens with zero attached hydrogens (tertiary/aromatic N) is 2. The van der Waals surface area contributed by atoms with E-state index in [1.807, 2.05) is 42.5 Å². The Morgan fingerprint density at radius 2 is 1.61 bits per heavy atom. The van der Waals surface area contributed by atoms with Gasteiger partial charge in [-0.2, -0.15) is 5.26 Å². The highest BCUT2D eigenvalue weighted by molar-refractivity contribution is 6.30. The predicted molar refractivity (Wildman–Crippen MR) is 123 cm³/mol. The topological polar surface area (TPSA) is 76.4 Å². The zero-order chi connectivity index (χ0) is 21.8. The van der Waals surface area contributed by atoms with Crippen LogP contribution in [0, 0.1) is 11.3 Å². The molecule has 1 amide bonds. The predicted octanol–water partition coefficient (Wildman–Crippen LogP) is 5.09. The molecule has 1 aliphatic heterocycles. The van der Waals surface area contributed by atoms with Crippen LogP contribution in [0.2, 0.25) is 5.02 Å². The molecule has 6 heteroatoms. The average molecular weight is 432 g/mol. The van der Waals surface area contributed by atoms with Gasteiger partial charge in [0.15, 0.2) is 0 Å². The van der Waals surface area contributed by atoms with E-state index in [4.69, 9.17) is 11.6 Å². The van der Waals surface area contributed by atoms with Crippen molar-refractivity contribution in [2.45, 2.75) is 18.9 Å². The summed E-state index contributed by atoms with van der Waals surface area (Å²) in [5.74, 6) is -0.236. The Labute approximate surface area is 186 Å². The van der Waals surface area contributed by atoms with Gasteiger partial charge in [-0.05, 0) is 66.4 Å². The Bertz CT molecular complexity index is 1110. The maximum atomic E-state index is 12.7. The summed E-state index contributed by atoms with van der Waals surface area (Å²) in [4.78, 5) is 14.8. The third-order valence-electron chi connectivity index (χ3n) is 5.50. The highest BCUT2D eigenvalue weighted by atomic mass is 35.5. The summed E-state index contributed by atoms with van der Waals surface area (Å²) >= 11 is 5.94. The van der Waals surface area contributed by atoms with E-state index in [1.165, 1.54) is 0 Å². The molecular weight excluding hydrogens is 410 g/mol. The van der Waals surface area contributed by atoms with Gasteiger partial charge in [-0.25, -0.2) is 0 Å². The Balaban J connectivity index is 1.47. The van der Waals surface area contributed by atoms with Crippen LogP contribution in [0.3, 0.4) is 0 Å². The summed E-state index contributed by atoms with van der Waals surface area (Å²) < 4.78 is 0. The number of piperidine rings is 1. The fraction of sp³-hybridized carbons (Fsp3) is 0.200. The molecule has 3 aromatic rings. The number of aliphatic hydroxyl groups is 1. The zero-order valence-electron chi connectivity index (χ0n) is 16.9. The highest BCUT2D eigenvalue weighted by Gasteiger charge is 2.20. The van der Waals surface area contributed by atoms with Crippen molar-refractivity contribution in [2.75, 3.05) is 23.3 Å². The first-order valence-corrected chi connectivity index (χ1v) is 10.6. The van der Waals surface area contributed by atoms with Gasteiger partial charge in [-0.3, -0.25) is 4.79 Å². The Hall–Kier alpha value is -3.33. The third-order valence-corrected chi connectivity index (χ3v) is 5.76. The number of carbonyl (C=O) groups excluding carboxylic acids is 1. The number of hydrogen-bond donors (Lipinski definition) is 2. The lowest BCUT2D eigenvalue weighted by molar-refractivity contribution is 0.102. The first kappa shape index (κ1) is 20.9. The first-order valence-electron chi connectivity index (χ1n) is 10.2. The fourth-order valence-corrected chi connectivity index (χ4v) is 3.87. The van der Waals surface area contributed by atoms with Crippen LogP contribution in [0.25, 0.3) is 11.1 Å². The van der Waals surface area contributed by atoms with Crippen molar-refractivity contribution in [1.82, 2.24) is 0 Å². The van der Waals surface area contributed by atoms with Crippen LogP contribution in [-0.2, 0) is 0 Å². The van der Waals surface area contributed by atoms with Crippen molar-refractivity contribution in [3.63, 3.8) is 0 Å². The van der Waals surface area contributed by atoms with Crippen molar-refractivity contribution >= 4 is 28.9 Å². The summed E-state index contributed by atoms with van der Waals surface area (Å²) in [5.41, 5.74) is 4.47. The minimum Gasteiger partial charge on any atom is -0.393 e. The zero-order valence-corrected chi connectivity index (χ0v) is 17.6. The third kappa shape index (κ3) is 4.88. The molecule has 1 heterocycles. The molecule has 0 saturated carbocycles. The van der Waals surface area contributed by atoms with Crippen LogP contribution in [0.15, 0.2) is 66.7 Å². The second-order valence-corrected chi connectivity index (χ2v) is 8.04. The number of nitrogens with one attached hydrogen (secondary N) is 1. The van der Waals surface area contributed by atoms with Crippen molar-refractivity contribution in [1.29, 1.82) is 5.26 Å². The van der Waals surface area contributed by atoms with Crippen molar-refractivity contribution in [3.8, 4) is 17.2 Å². The van der Waals surface area contributed by atoms with E-state index in [-0.39, 0.29) is 12.0 Å². The van der Waals surface area contributed by atoms with E-state index in [0.717, 1.165) is 16.8 Å². The van der Waals surface area contributed by atoms with Gasteiger partial charge in [0, 0.05) is 29.4 Å². The molecule has 0 spiro atoms. The second-order valence-electron chi connectivity index (χ2n) is 7.60. The van der Waals surface area contributed by atoms with Gasteiger partial charge < -0.3 is 15.3 Å². The molecule has 0 unspecified atom stereocenters. The molecule has 1 saturated heterocycles. The SMILES string of the molecule is N#Cc1cc(NC(=O)c2ccc(-c3ccc(Cl)cc3)cc2)ccc1N1CCC(O)CC1. The summed E-state index contributed by atoms with van der Waals surface area (Å²) in [6, 6.07) is 22.5. The van der Waals surface area contributed by atoms with Gasteiger partial charge in [-0.15, -0.1) is 0 Å². The molecule has 0 radical (unpaired) electrons. The second kappa shape index (κ2) is 9.22. The lowest BCUT2D eigenvalue weighted by Crippen LogP contribution is -2.36. The van der Waals surface area contributed by atoms with E-state index in [1.54, 1.807) is 24.3 Å². The number of aliphatic hydroxyl groups excluding tert-OH is 1. The van der Waals surface area contributed by atoms with Gasteiger partial charge in [-0.1, -0.05) is 35.9 Å². The van der Waals surface area contributed by atoms with Crippen LogP contribution in [0.5, 0.6) is 0 Å². The monoisotopic (exact) mass is 431 g/mol. The lowest BCUT2D eigenvalue weighted by Gasteiger charge is -2.32. The first-order chi connectivity index (χ1) is 15.0. The van der Waals surface area contributed by atoms with E-state index >= 15 is 0 Å². The number of halogens is 1. The molecule has 0 aliphatic carbocycles. The van der Waals surface area contributed by atoms with Crippen molar-refractivity contribution in [2.24, 2.45) is 0 Å². The molecule has 1 aliphatic rings. The molecule has 5 nitrogen and oxygen atoms in total. The van der Waals surface area contributed by atoms with E-state index in [0.29, 0.717) is 47.8 Å². The number of hydrogen-bond acceptors (Lipinski definition) is 4. The number of carbonyl (C=O) groups is 1. The summed E-state index contributed by atoms with van der Waals surface area (Å²) in [6.07, 6.45) is 1.11. The standard InChI is InChI=1S/C25H22ClN3O2/c26-21-7-5-18(6-8-21)17-1-3-19(4-2-17)25(31)28-22-9-10-24(20(15-22)16-27)29-13-11-23(30)12-14-29/h1-10,15,23,30H,11-14H2,(H,28,31). The highest BCUT2D eigenvalue weighted by Crippen LogP contribution is 2.27. The number of anilines is 2. The van der Waals surface area contributed by atoms with Gasteiger partial charge in [0.1, 0.15) is 6.07 Å². The number of rotatable bonds is 4. The smallest absolute Gasteiger partial charge is 0.255 e. The lowest BCUT2D eigenvalue weighted by atomic mass is 10.0. The van der Waals surface area contributed by atoms with E-state index in [2.05, 4.69) is 16.3 Å². The minimum absolute atomic E-state index is 0.236. The molecule has 0 atom stereocenters. The minimum atomic E-state index is -0.272. The Morgan fingerprint density at radius 1 is 1.00 bits per heavy atom. The molecular formula is C25H22ClN3O2. The molecule has 1 fully saturated rings. The van der Waals surface area contributed by atoms with Crippen LogP contribution in [0.1, 0.15) is 28.8 Å². The number of amides is 1. The van der Waals surface area contributed by atoms with E-state index in [9.17, 15) is 15.2 Å². The summed E-state index contributed by atoms with van der Waals surface area (Å²) in [7, 11) is 0. The van der Waals surface area contributed by atoms with Crippen LogP contribution in [0.4, 0.5) is 11.4 Å². The van der Waals surface area contributed by atoms with Crippen molar-refractivity contribution in [3.05, 3.63) is 82.9 Å². The Kier molecular flexibility index (Phi) is 6.22. The maximum absolute atomic E-state index is 12.7. The van der Waals surface area contributed by atoms with Crippen molar-refractivity contribution < 1.29 is 9.90 Å². The molecule has 31 heavy (non-hydrogen) atoms. The van der Waals surface area contributed by atoms with Gasteiger partial charge in [0.05, 0.1) is 17.4 Å². The van der Waals surface area contributed by atoms with Crippen LogP contribution < -0.4 is 10.2 Å². The van der Waals surface area contributed by atoms with Gasteiger partial charge >= 0.3 is 0 Å². The van der Waals surface area contributed by atoms with Crippen LogP contribution in [-0.4, -0.2) is 30.2 Å². The molecule has 2 N–H and O–H groups in total. The van der Waals surface area contributed by atoms with Gasteiger partial charge in [0.25, 0.3) is 5.91 Å². The normalized spacial score (nSPS) is 14.2. The molecule has 156 valence electrons. The summed E-state index contributed by atoms with van der Waals surface area (Å²) in [6.45, 7) is 1.42.